The molecule has 18 heteroatoms. The number of para-hydroxylation sites is 1. The summed E-state index contributed by atoms with van der Waals surface area (Å²) in [5.41, 5.74) is 4.42. The summed E-state index contributed by atoms with van der Waals surface area (Å²) in [7, 11) is -1.85. The van der Waals surface area contributed by atoms with E-state index < -0.39 is 39.4 Å². The first-order valence-electron chi connectivity index (χ1n) is 24.1. The summed E-state index contributed by atoms with van der Waals surface area (Å²) < 4.78 is 63.5. The highest BCUT2D eigenvalue weighted by Gasteiger charge is 2.54. The normalized spacial score (nSPS) is 23.4. The number of anilines is 6. The van der Waals surface area contributed by atoms with Crippen molar-refractivity contribution in [1.82, 2.24) is 25.1 Å². The largest absolute Gasteiger partial charge is 0.494 e. The summed E-state index contributed by atoms with van der Waals surface area (Å²) in [6.45, 7) is 7.66. The third-order valence-corrected chi connectivity index (χ3v) is 17.0. The zero-order chi connectivity index (χ0) is 47.3. The summed E-state index contributed by atoms with van der Waals surface area (Å²) in [5, 5.41) is 9.12. The summed E-state index contributed by atoms with van der Waals surface area (Å²) in [6.07, 6.45) is 12.0. The lowest BCUT2D eigenvalue weighted by atomic mass is 9.77. The van der Waals surface area contributed by atoms with Gasteiger partial charge in [-0.05, 0) is 124 Å². The number of amides is 2. The fourth-order valence-electron chi connectivity index (χ4n) is 11.5. The lowest BCUT2D eigenvalue weighted by Gasteiger charge is -2.43. The summed E-state index contributed by atoms with van der Waals surface area (Å²) in [6, 6.07) is 15.3. The Kier molecular flexibility index (Phi) is 13.0. The molecule has 2 aliphatic carbocycles. The maximum Gasteiger partial charge on any atom is 0.234 e. The van der Waals surface area contributed by atoms with E-state index in [9.17, 15) is 18.0 Å². The quantitative estimate of drug-likeness (QED) is 0.111. The molecule has 3 saturated heterocycles. The van der Waals surface area contributed by atoms with Gasteiger partial charge in [0.25, 0.3) is 0 Å². The van der Waals surface area contributed by atoms with Crippen LogP contribution in [-0.2, 0) is 25.0 Å². The number of piperidine rings is 2. The molecule has 0 bridgehead atoms. The molecule has 5 heterocycles. The Balaban J connectivity index is 0.676. The van der Waals surface area contributed by atoms with Crippen molar-refractivity contribution in [2.45, 2.75) is 93.9 Å². The highest BCUT2D eigenvalue weighted by Crippen LogP contribution is 2.59. The van der Waals surface area contributed by atoms with Crippen molar-refractivity contribution < 1.29 is 31.5 Å². The van der Waals surface area contributed by atoms with Gasteiger partial charge >= 0.3 is 0 Å². The van der Waals surface area contributed by atoms with Crippen molar-refractivity contribution in [3.8, 4) is 5.75 Å². The maximum atomic E-state index is 15.2. The second kappa shape index (κ2) is 19.0. The Bertz CT molecular complexity index is 2660. The van der Waals surface area contributed by atoms with Crippen molar-refractivity contribution in [1.29, 1.82) is 0 Å². The molecular formula is C50H60ClF2N9O5S. The van der Waals surface area contributed by atoms with E-state index in [1.165, 1.54) is 28.9 Å². The fourth-order valence-corrected chi connectivity index (χ4v) is 12.7. The van der Waals surface area contributed by atoms with Gasteiger partial charge in [0.05, 0.1) is 42.5 Å². The molecule has 1 unspecified atom stereocenters. The van der Waals surface area contributed by atoms with E-state index >= 15 is 8.78 Å². The first-order chi connectivity index (χ1) is 32.7. The molecule has 10 rings (SSSR count). The van der Waals surface area contributed by atoms with Crippen LogP contribution in [0.15, 0.2) is 54.7 Å². The number of carbonyl (C=O) groups excluding carboxylic acids is 2. The molecule has 4 aromatic rings. The third kappa shape index (κ3) is 9.60. The molecule has 1 aromatic heterocycles. The Morgan fingerprint density at radius 2 is 1.63 bits per heavy atom. The van der Waals surface area contributed by atoms with Gasteiger partial charge in [-0.25, -0.2) is 22.2 Å². The van der Waals surface area contributed by atoms with Crippen LogP contribution < -0.4 is 29.9 Å². The lowest BCUT2D eigenvalue weighted by molar-refractivity contribution is -0.134. The van der Waals surface area contributed by atoms with Crippen molar-refractivity contribution in [3.05, 3.63) is 88.1 Å². The molecule has 1 atom stereocenters. The smallest absolute Gasteiger partial charge is 0.234 e. The molecule has 1 spiro atoms. The second-order valence-electron chi connectivity index (χ2n) is 19.8. The van der Waals surface area contributed by atoms with Gasteiger partial charge in [-0.15, -0.1) is 0 Å². The minimum Gasteiger partial charge on any atom is -0.494 e. The average molecular weight is 973 g/mol. The molecule has 362 valence electrons. The highest BCUT2D eigenvalue weighted by atomic mass is 35.5. The second-order valence-corrected chi connectivity index (χ2v) is 22.1. The number of ether oxygens (including phenoxy) is 1. The van der Waals surface area contributed by atoms with Crippen LogP contribution in [0.2, 0.25) is 5.02 Å². The maximum absolute atomic E-state index is 15.2. The summed E-state index contributed by atoms with van der Waals surface area (Å²) in [4.78, 5) is 40.7. The van der Waals surface area contributed by atoms with Crippen LogP contribution in [0.5, 0.6) is 5.75 Å². The number of nitrogens with one attached hydrogen (secondary N) is 3. The van der Waals surface area contributed by atoms with E-state index in [0.29, 0.717) is 63.7 Å². The van der Waals surface area contributed by atoms with E-state index in [1.807, 2.05) is 30.3 Å². The molecule has 3 aromatic carbocycles. The molecule has 68 heavy (non-hydrogen) atoms. The van der Waals surface area contributed by atoms with E-state index in [1.54, 1.807) is 7.11 Å². The van der Waals surface area contributed by atoms with Crippen LogP contribution in [-0.4, -0.2) is 112 Å². The van der Waals surface area contributed by atoms with Crippen molar-refractivity contribution >= 4 is 68.0 Å². The Hall–Kier alpha value is -5.10. The molecule has 2 amide bonds. The number of methoxy groups -OCH3 is 1. The standard InChI is InChI=1S/C50H60ClF2N9O5S/c1-67-43-28-35(10-12-41(43)56-49-54-29-38(51)47(58-49)55-42-5-3-4-37-46(42)62(68(2,65)66)30-50(37)17-18-50)60-20-15-34(16-21-60)61-24-22-59(23-25-61)19-14-31-6-8-32(9-7-31)33-26-39(52)45(40(53)27-33)36-11-13-44(63)57-48(36)64/h3-5,10,12,26-29,31-32,34,36H,6-9,11,13-25,30H2,1-2H3,(H,57,63,64)(H2,54,55,56,58). The monoisotopic (exact) mass is 971 g/mol. The molecule has 3 N–H and O–H groups in total. The first-order valence-corrected chi connectivity index (χ1v) is 26.4. The number of fused-ring (bicyclic) bond motifs is 2. The van der Waals surface area contributed by atoms with Gasteiger partial charge in [-0.1, -0.05) is 23.7 Å². The zero-order valence-electron chi connectivity index (χ0n) is 38.7. The predicted molar refractivity (Wildman–Crippen MR) is 260 cm³/mol. The number of sulfonamides is 1. The highest BCUT2D eigenvalue weighted by molar-refractivity contribution is 7.92. The van der Waals surface area contributed by atoms with Gasteiger partial charge in [0, 0.05) is 81.0 Å². The summed E-state index contributed by atoms with van der Waals surface area (Å²) >= 11 is 6.60. The van der Waals surface area contributed by atoms with Gasteiger partial charge in [0.15, 0.2) is 5.82 Å². The number of hydrogen-bond donors (Lipinski definition) is 3. The Morgan fingerprint density at radius 1 is 0.897 bits per heavy atom. The number of aromatic nitrogens is 2. The molecular weight excluding hydrogens is 912 g/mol. The molecule has 14 nitrogen and oxygen atoms in total. The Labute approximate surface area is 402 Å². The summed E-state index contributed by atoms with van der Waals surface area (Å²) in [5.74, 6) is -1.36. The SMILES string of the molecule is COc1cc(N2CCC(N3CCN(CCC4CCC(c5cc(F)c(C6CCC(=O)NC6=O)c(F)c5)CC4)CC3)CC2)ccc1Nc1ncc(Cl)c(Nc2cccc3c2N(S(C)(=O)=O)CC32CC2)n1. The van der Waals surface area contributed by atoms with Crippen LogP contribution in [0.1, 0.15) is 99.2 Å². The topological polar surface area (TPSA) is 152 Å². The molecule has 4 aliphatic heterocycles. The molecule has 2 saturated carbocycles. The number of hydrogen-bond acceptors (Lipinski definition) is 12. The zero-order valence-corrected chi connectivity index (χ0v) is 40.3. The van der Waals surface area contributed by atoms with Crippen LogP contribution in [0.4, 0.5) is 43.3 Å². The predicted octanol–water partition coefficient (Wildman–Crippen LogP) is 8.19. The van der Waals surface area contributed by atoms with Crippen LogP contribution in [0.3, 0.4) is 0 Å². The van der Waals surface area contributed by atoms with E-state index in [2.05, 4.69) is 41.7 Å². The van der Waals surface area contributed by atoms with Gasteiger partial charge in [-0.2, -0.15) is 4.98 Å². The van der Waals surface area contributed by atoms with Crippen LogP contribution in [0.25, 0.3) is 0 Å². The van der Waals surface area contributed by atoms with Gasteiger partial charge in [-0.3, -0.25) is 24.1 Å². The minimum atomic E-state index is -3.50. The third-order valence-electron chi connectivity index (χ3n) is 15.6. The number of benzene rings is 3. The van der Waals surface area contributed by atoms with Gasteiger partial charge in [0.2, 0.25) is 27.8 Å². The number of rotatable bonds is 13. The number of nitrogens with zero attached hydrogens (tertiary/aromatic N) is 6. The van der Waals surface area contributed by atoms with Crippen LogP contribution >= 0.6 is 11.6 Å². The number of carbonyl (C=O) groups is 2. The first kappa shape index (κ1) is 46.6. The number of piperazine rings is 1. The van der Waals surface area contributed by atoms with Crippen LogP contribution in [0, 0.1) is 17.6 Å². The van der Waals surface area contributed by atoms with Crippen molar-refractivity contribution in [2.24, 2.45) is 5.92 Å². The number of imide groups is 1. The average Bonchev–Trinajstić information content (AvgIpc) is 4.04. The van der Waals surface area contributed by atoms with Crippen molar-refractivity contribution in [2.75, 3.05) is 85.6 Å². The molecule has 0 radical (unpaired) electrons. The van der Waals surface area contributed by atoms with Crippen molar-refractivity contribution in [3.63, 3.8) is 0 Å². The van der Waals surface area contributed by atoms with E-state index in [4.69, 9.17) is 21.3 Å². The molecule has 6 aliphatic rings. The Morgan fingerprint density at radius 3 is 2.31 bits per heavy atom. The minimum absolute atomic E-state index is 0.0783. The van der Waals surface area contributed by atoms with E-state index in [0.717, 1.165) is 115 Å². The fraction of sp³-hybridized carbons (Fsp3) is 0.520. The number of halogens is 3. The molecule has 5 fully saturated rings. The van der Waals surface area contributed by atoms with E-state index in [-0.39, 0.29) is 29.7 Å². The van der Waals surface area contributed by atoms with Gasteiger partial charge in [0.1, 0.15) is 22.4 Å². The lowest BCUT2D eigenvalue weighted by Crippen LogP contribution is -2.53. The van der Waals surface area contributed by atoms with Gasteiger partial charge < -0.3 is 25.2 Å².